The van der Waals surface area contributed by atoms with E-state index >= 15 is 0 Å². The minimum atomic E-state index is -0.218. The van der Waals surface area contributed by atoms with Crippen molar-refractivity contribution in [1.82, 2.24) is 25.0 Å². The van der Waals surface area contributed by atoms with E-state index in [4.69, 9.17) is 21.1 Å². The number of halogens is 1. The average molecular weight is 491 g/mol. The highest BCUT2D eigenvalue weighted by Crippen LogP contribution is 2.42. The maximum absolute atomic E-state index is 12.8. The summed E-state index contributed by atoms with van der Waals surface area (Å²) >= 11 is 6.01. The Hall–Kier alpha value is -3.98. The standard InChI is InChI=1S/C25H23ClN6O3/c1-4-35-21-11-16(7-10-20(21)34-3)18-12-22(33)29-24-23(18)14(2)31-32(24)25-28-19(13-27-30-25)15-5-8-17(26)9-6-15/h5-11,13,18H,4,12H2,1-3H3,(H,29,33)/t18-/m0/s1. The second-order valence-electron chi connectivity index (χ2n) is 8.06. The largest absolute Gasteiger partial charge is 0.493 e. The van der Waals surface area contributed by atoms with Gasteiger partial charge in [0.15, 0.2) is 11.5 Å². The second kappa shape index (κ2) is 9.34. The first kappa shape index (κ1) is 22.8. The number of rotatable bonds is 6. The lowest BCUT2D eigenvalue weighted by atomic mass is 9.85. The fourth-order valence-electron chi connectivity index (χ4n) is 4.30. The molecule has 0 saturated heterocycles. The summed E-state index contributed by atoms with van der Waals surface area (Å²) in [4.78, 5) is 17.4. The molecule has 1 N–H and O–H groups in total. The van der Waals surface area contributed by atoms with Gasteiger partial charge in [-0.25, -0.2) is 4.98 Å². The zero-order chi connectivity index (χ0) is 24.5. The molecule has 9 nitrogen and oxygen atoms in total. The van der Waals surface area contributed by atoms with Gasteiger partial charge in [0.2, 0.25) is 5.91 Å². The lowest BCUT2D eigenvalue weighted by Gasteiger charge is -2.25. The molecule has 0 spiro atoms. The van der Waals surface area contributed by atoms with Gasteiger partial charge < -0.3 is 14.8 Å². The molecule has 1 aliphatic heterocycles. The molecule has 2 aromatic carbocycles. The topological polar surface area (TPSA) is 104 Å². The lowest BCUT2D eigenvalue weighted by Crippen LogP contribution is -2.25. The highest BCUT2D eigenvalue weighted by Gasteiger charge is 2.33. The molecule has 3 heterocycles. The number of benzene rings is 2. The van der Waals surface area contributed by atoms with E-state index < -0.39 is 0 Å². The fourth-order valence-corrected chi connectivity index (χ4v) is 4.42. The number of aromatic nitrogens is 5. The van der Waals surface area contributed by atoms with Crippen LogP contribution in [0.5, 0.6) is 11.5 Å². The van der Waals surface area contributed by atoms with E-state index in [0.29, 0.717) is 34.6 Å². The molecule has 10 heteroatoms. The van der Waals surface area contributed by atoms with Crippen LogP contribution in [-0.2, 0) is 4.79 Å². The summed E-state index contributed by atoms with van der Waals surface area (Å²) in [6.45, 7) is 4.32. The van der Waals surface area contributed by atoms with Crippen molar-refractivity contribution in [3.05, 3.63) is 70.5 Å². The third kappa shape index (κ3) is 4.30. The van der Waals surface area contributed by atoms with Gasteiger partial charge in [-0.1, -0.05) is 29.8 Å². The molecule has 5 rings (SSSR count). The van der Waals surface area contributed by atoms with E-state index in [0.717, 1.165) is 22.4 Å². The average Bonchev–Trinajstić information content (AvgIpc) is 3.20. The Morgan fingerprint density at radius 1 is 1.17 bits per heavy atom. The molecule has 1 amide bonds. The van der Waals surface area contributed by atoms with E-state index in [1.54, 1.807) is 25.4 Å². The SMILES string of the molecule is CCOc1cc([C@@H]2CC(=O)Nc3c2c(C)nn3-c2nncc(-c3ccc(Cl)cc3)n2)ccc1OC. The minimum Gasteiger partial charge on any atom is -0.493 e. The number of amides is 1. The van der Waals surface area contributed by atoms with Gasteiger partial charge >= 0.3 is 0 Å². The van der Waals surface area contributed by atoms with Crippen molar-refractivity contribution in [2.45, 2.75) is 26.2 Å². The zero-order valence-electron chi connectivity index (χ0n) is 19.4. The van der Waals surface area contributed by atoms with Crippen LogP contribution in [0.2, 0.25) is 5.02 Å². The number of ether oxygens (including phenoxy) is 2. The Balaban J connectivity index is 1.58. The maximum atomic E-state index is 12.8. The van der Waals surface area contributed by atoms with Crippen molar-refractivity contribution < 1.29 is 14.3 Å². The molecule has 0 fully saturated rings. The summed E-state index contributed by atoms with van der Waals surface area (Å²) in [6, 6.07) is 13.0. The van der Waals surface area contributed by atoms with Crippen LogP contribution in [0.3, 0.4) is 0 Å². The van der Waals surface area contributed by atoms with Crippen LogP contribution in [0.15, 0.2) is 48.7 Å². The summed E-state index contributed by atoms with van der Waals surface area (Å²) < 4.78 is 12.7. The predicted molar refractivity (Wildman–Crippen MR) is 131 cm³/mol. The van der Waals surface area contributed by atoms with E-state index in [1.165, 1.54) is 4.68 Å². The third-order valence-electron chi connectivity index (χ3n) is 5.87. The van der Waals surface area contributed by atoms with E-state index in [1.807, 2.05) is 44.2 Å². The number of fused-ring (bicyclic) bond motifs is 1. The first-order valence-electron chi connectivity index (χ1n) is 11.1. The second-order valence-corrected chi connectivity index (χ2v) is 8.49. The molecule has 35 heavy (non-hydrogen) atoms. The van der Waals surface area contributed by atoms with Crippen molar-refractivity contribution in [2.24, 2.45) is 0 Å². The van der Waals surface area contributed by atoms with Gasteiger partial charge in [-0.05, 0) is 43.7 Å². The highest BCUT2D eigenvalue weighted by molar-refractivity contribution is 6.30. The van der Waals surface area contributed by atoms with E-state index in [-0.39, 0.29) is 24.2 Å². The predicted octanol–water partition coefficient (Wildman–Crippen LogP) is 4.57. The fraction of sp³-hybridized carbons (Fsp3) is 0.240. The van der Waals surface area contributed by atoms with Gasteiger partial charge in [0.1, 0.15) is 5.82 Å². The quantitative estimate of drug-likeness (QED) is 0.422. The number of anilines is 1. The highest BCUT2D eigenvalue weighted by atomic mass is 35.5. The van der Waals surface area contributed by atoms with Gasteiger partial charge in [-0.15, -0.1) is 5.10 Å². The Kier molecular flexibility index (Phi) is 6.08. The summed E-state index contributed by atoms with van der Waals surface area (Å²) in [5.41, 5.74) is 4.05. The molecular formula is C25H23ClN6O3. The van der Waals surface area contributed by atoms with Crippen LogP contribution < -0.4 is 14.8 Å². The number of nitrogens with one attached hydrogen (secondary N) is 1. The molecule has 178 valence electrons. The monoisotopic (exact) mass is 490 g/mol. The summed E-state index contributed by atoms with van der Waals surface area (Å²) in [5, 5.41) is 16.6. The molecule has 0 radical (unpaired) electrons. The van der Waals surface area contributed by atoms with Gasteiger partial charge in [0.05, 0.1) is 31.3 Å². The summed E-state index contributed by atoms with van der Waals surface area (Å²) in [7, 11) is 1.60. The van der Waals surface area contributed by atoms with Crippen LogP contribution >= 0.6 is 11.6 Å². The number of aryl methyl sites for hydroxylation is 1. The molecule has 0 aliphatic carbocycles. The third-order valence-corrected chi connectivity index (χ3v) is 6.12. The Morgan fingerprint density at radius 3 is 2.71 bits per heavy atom. The van der Waals surface area contributed by atoms with Gasteiger partial charge in [-0.3, -0.25) is 4.79 Å². The molecule has 0 bridgehead atoms. The molecule has 0 saturated carbocycles. The van der Waals surface area contributed by atoms with Crippen LogP contribution in [0, 0.1) is 6.92 Å². The smallest absolute Gasteiger partial charge is 0.272 e. The Bertz CT molecular complexity index is 1400. The number of hydrogen-bond acceptors (Lipinski definition) is 7. The normalized spacial score (nSPS) is 14.9. The maximum Gasteiger partial charge on any atom is 0.272 e. The van der Waals surface area contributed by atoms with Crippen LogP contribution in [0.25, 0.3) is 17.2 Å². The minimum absolute atomic E-state index is 0.126. The molecular weight excluding hydrogens is 468 g/mol. The summed E-state index contributed by atoms with van der Waals surface area (Å²) in [5.74, 6) is 1.72. The lowest BCUT2D eigenvalue weighted by molar-refractivity contribution is -0.116. The number of methoxy groups -OCH3 is 1. The van der Waals surface area contributed by atoms with Crippen LogP contribution in [0.1, 0.15) is 36.1 Å². The summed E-state index contributed by atoms with van der Waals surface area (Å²) in [6.07, 6.45) is 1.85. The van der Waals surface area contributed by atoms with Crippen molar-refractivity contribution in [2.75, 3.05) is 19.0 Å². The first-order valence-corrected chi connectivity index (χ1v) is 11.5. The molecule has 0 unspecified atom stereocenters. The molecule has 1 atom stereocenters. The van der Waals surface area contributed by atoms with Gasteiger partial charge in [-0.2, -0.15) is 14.9 Å². The molecule has 1 aliphatic rings. The van der Waals surface area contributed by atoms with Crippen LogP contribution in [0.4, 0.5) is 5.82 Å². The van der Waals surface area contributed by atoms with Crippen molar-refractivity contribution in [3.8, 4) is 28.7 Å². The zero-order valence-corrected chi connectivity index (χ0v) is 20.2. The Morgan fingerprint density at radius 2 is 1.97 bits per heavy atom. The van der Waals surface area contributed by atoms with Crippen molar-refractivity contribution >= 4 is 23.3 Å². The first-order chi connectivity index (χ1) is 17.0. The van der Waals surface area contributed by atoms with Crippen molar-refractivity contribution in [1.29, 1.82) is 0 Å². The van der Waals surface area contributed by atoms with Crippen molar-refractivity contribution in [3.63, 3.8) is 0 Å². The number of carbonyl (C=O) groups excluding carboxylic acids is 1. The molecule has 2 aromatic heterocycles. The van der Waals surface area contributed by atoms with E-state index in [2.05, 4.69) is 25.6 Å². The number of hydrogen-bond donors (Lipinski definition) is 1. The van der Waals surface area contributed by atoms with Gasteiger partial charge in [0, 0.05) is 28.5 Å². The number of nitrogens with zero attached hydrogens (tertiary/aromatic N) is 5. The Labute approximate surface area is 207 Å². The number of carbonyl (C=O) groups is 1. The van der Waals surface area contributed by atoms with E-state index in [9.17, 15) is 4.79 Å². The van der Waals surface area contributed by atoms with Gasteiger partial charge in [0.25, 0.3) is 5.95 Å². The van der Waals surface area contributed by atoms with Crippen LogP contribution in [-0.4, -0.2) is 44.6 Å². The molecule has 4 aromatic rings.